The van der Waals surface area contributed by atoms with Gasteiger partial charge in [-0.3, -0.25) is 9.59 Å². The highest BCUT2D eigenvalue weighted by atomic mass is 16.2. The quantitative estimate of drug-likeness (QED) is 0.473. The molecule has 2 amide bonds. The van der Waals surface area contributed by atoms with Crippen LogP contribution in [0, 0.1) is 0 Å². The van der Waals surface area contributed by atoms with Gasteiger partial charge in [0, 0.05) is 13.0 Å². The number of hydrogen-bond acceptors (Lipinski definition) is 2. The summed E-state index contributed by atoms with van der Waals surface area (Å²) < 4.78 is 0. The number of amides is 2. The van der Waals surface area contributed by atoms with Crippen molar-refractivity contribution < 1.29 is 9.59 Å². The summed E-state index contributed by atoms with van der Waals surface area (Å²) in [5.74, 6) is -0.128. The lowest BCUT2D eigenvalue weighted by Gasteiger charge is -2.09. The number of carbonyl (C=O) groups excluding carboxylic acids is 2. The summed E-state index contributed by atoms with van der Waals surface area (Å²) in [6, 6.07) is -0.322. The first-order valence-corrected chi connectivity index (χ1v) is 4.42. The minimum absolute atomic E-state index is 0.0381. The fourth-order valence-corrected chi connectivity index (χ4v) is 1.23. The third kappa shape index (κ3) is 2.89. The molecule has 1 rings (SSSR count). The van der Waals surface area contributed by atoms with Gasteiger partial charge in [0.05, 0.1) is 0 Å². The molecule has 1 heterocycles. The highest BCUT2D eigenvalue weighted by Crippen LogP contribution is 2.05. The van der Waals surface area contributed by atoms with Crippen LogP contribution in [0.5, 0.6) is 0 Å². The van der Waals surface area contributed by atoms with E-state index < -0.39 is 0 Å². The maximum atomic E-state index is 11.3. The topological polar surface area (TPSA) is 58.2 Å². The monoisotopic (exact) mass is 182 g/mol. The molecule has 1 saturated heterocycles. The van der Waals surface area contributed by atoms with Crippen molar-refractivity contribution in [2.24, 2.45) is 0 Å². The molecular formula is C9H14N2O2. The molecule has 0 saturated carbocycles. The molecule has 1 atom stereocenters. The van der Waals surface area contributed by atoms with Crippen molar-refractivity contribution in [3.8, 4) is 0 Å². The average Bonchev–Trinajstić information content (AvgIpc) is 2.52. The Morgan fingerprint density at radius 3 is 3.08 bits per heavy atom. The van der Waals surface area contributed by atoms with E-state index in [4.69, 9.17) is 0 Å². The summed E-state index contributed by atoms with van der Waals surface area (Å²) in [5, 5.41) is 5.32. The highest BCUT2D eigenvalue weighted by molar-refractivity contribution is 5.90. The van der Waals surface area contributed by atoms with Crippen molar-refractivity contribution in [3.05, 3.63) is 12.7 Å². The molecule has 0 aromatic rings. The van der Waals surface area contributed by atoms with E-state index in [0.29, 0.717) is 19.4 Å². The standard InChI is InChI=1S/C9H14N2O2/c1-2-3-6-10-9(13)7-4-5-8(12)11-7/h2,7H,1,3-6H2,(H,10,13)(H,11,12)/t7-/m1/s1. The third-order valence-electron chi connectivity index (χ3n) is 1.96. The minimum Gasteiger partial charge on any atom is -0.354 e. The first-order valence-electron chi connectivity index (χ1n) is 4.42. The van der Waals surface area contributed by atoms with E-state index in [1.165, 1.54) is 0 Å². The molecule has 1 aliphatic heterocycles. The second-order valence-corrected chi connectivity index (χ2v) is 3.03. The zero-order valence-corrected chi connectivity index (χ0v) is 7.51. The van der Waals surface area contributed by atoms with E-state index in [0.717, 1.165) is 6.42 Å². The van der Waals surface area contributed by atoms with Crippen LogP contribution in [0.15, 0.2) is 12.7 Å². The van der Waals surface area contributed by atoms with Crippen LogP contribution in [0.4, 0.5) is 0 Å². The Labute approximate surface area is 77.4 Å². The van der Waals surface area contributed by atoms with E-state index in [1.807, 2.05) is 0 Å². The molecule has 0 aliphatic carbocycles. The number of carbonyl (C=O) groups is 2. The number of nitrogens with one attached hydrogen (secondary N) is 2. The van der Waals surface area contributed by atoms with E-state index in [2.05, 4.69) is 17.2 Å². The second-order valence-electron chi connectivity index (χ2n) is 3.03. The van der Waals surface area contributed by atoms with Gasteiger partial charge in [0.15, 0.2) is 0 Å². The summed E-state index contributed by atoms with van der Waals surface area (Å²) in [5.41, 5.74) is 0. The molecule has 0 aromatic heterocycles. The molecule has 13 heavy (non-hydrogen) atoms. The molecule has 0 bridgehead atoms. The molecule has 4 heteroatoms. The van der Waals surface area contributed by atoms with Gasteiger partial charge in [-0.15, -0.1) is 6.58 Å². The maximum absolute atomic E-state index is 11.3. The van der Waals surface area contributed by atoms with Crippen LogP contribution < -0.4 is 10.6 Å². The molecule has 0 radical (unpaired) electrons. The Morgan fingerprint density at radius 2 is 2.54 bits per heavy atom. The summed E-state index contributed by atoms with van der Waals surface area (Å²) >= 11 is 0. The first kappa shape index (κ1) is 9.77. The molecule has 1 aliphatic rings. The van der Waals surface area contributed by atoms with Gasteiger partial charge in [0.25, 0.3) is 0 Å². The Balaban J connectivity index is 2.23. The SMILES string of the molecule is C=CCCNC(=O)[C@H]1CCC(=O)N1. The maximum Gasteiger partial charge on any atom is 0.242 e. The summed E-state index contributed by atoms with van der Waals surface area (Å²) in [4.78, 5) is 22.1. The highest BCUT2D eigenvalue weighted by Gasteiger charge is 2.26. The fraction of sp³-hybridized carbons (Fsp3) is 0.556. The lowest BCUT2D eigenvalue weighted by Crippen LogP contribution is -2.41. The lowest BCUT2D eigenvalue weighted by atomic mass is 10.2. The van der Waals surface area contributed by atoms with Crippen LogP contribution in [-0.2, 0) is 9.59 Å². The van der Waals surface area contributed by atoms with Gasteiger partial charge in [-0.05, 0) is 12.8 Å². The molecule has 0 unspecified atom stereocenters. The van der Waals surface area contributed by atoms with Crippen molar-refractivity contribution in [1.82, 2.24) is 10.6 Å². The summed E-state index contributed by atoms with van der Waals surface area (Å²) in [6.45, 7) is 4.14. The van der Waals surface area contributed by atoms with Crippen LogP contribution in [0.25, 0.3) is 0 Å². The van der Waals surface area contributed by atoms with Crippen LogP contribution in [0.3, 0.4) is 0 Å². The molecule has 0 aromatic carbocycles. The van der Waals surface area contributed by atoms with Crippen LogP contribution >= 0.6 is 0 Å². The summed E-state index contributed by atoms with van der Waals surface area (Å²) in [6.07, 6.45) is 3.57. The van der Waals surface area contributed by atoms with Gasteiger partial charge >= 0.3 is 0 Å². The second kappa shape index (κ2) is 4.64. The van der Waals surface area contributed by atoms with Gasteiger partial charge in [-0.2, -0.15) is 0 Å². The third-order valence-corrected chi connectivity index (χ3v) is 1.96. The van der Waals surface area contributed by atoms with Crippen molar-refractivity contribution in [2.45, 2.75) is 25.3 Å². The van der Waals surface area contributed by atoms with E-state index >= 15 is 0 Å². The van der Waals surface area contributed by atoms with Gasteiger partial charge in [0.1, 0.15) is 6.04 Å². The predicted octanol–water partition coefficient (Wildman–Crippen LogP) is -0.0427. The van der Waals surface area contributed by atoms with E-state index in [1.54, 1.807) is 6.08 Å². The molecular weight excluding hydrogens is 168 g/mol. The van der Waals surface area contributed by atoms with Crippen molar-refractivity contribution >= 4 is 11.8 Å². The first-order chi connectivity index (χ1) is 6.24. The van der Waals surface area contributed by atoms with Gasteiger partial charge in [0.2, 0.25) is 11.8 Å². The largest absolute Gasteiger partial charge is 0.354 e. The number of hydrogen-bond donors (Lipinski definition) is 2. The Kier molecular flexibility index (Phi) is 3.49. The van der Waals surface area contributed by atoms with Crippen molar-refractivity contribution in [1.29, 1.82) is 0 Å². The molecule has 1 fully saturated rings. The predicted molar refractivity (Wildman–Crippen MR) is 49.0 cm³/mol. The van der Waals surface area contributed by atoms with E-state index in [9.17, 15) is 9.59 Å². The van der Waals surface area contributed by atoms with Crippen molar-refractivity contribution in [2.75, 3.05) is 6.54 Å². The fourth-order valence-electron chi connectivity index (χ4n) is 1.23. The molecule has 2 N–H and O–H groups in total. The van der Waals surface area contributed by atoms with Gasteiger partial charge in [-0.1, -0.05) is 6.08 Å². The summed E-state index contributed by atoms with van der Waals surface area (Å²) in [7, 11) is 0. The van der Waals surface area contributed by atoms with Crippen molar-refractivity contribution in [3.63, 3.8) is 0 Å². The molecule has 0 spiro atoms. The van der Waals surface area contributed by atoms with Crippen LogP contribution in [0.1, 0.15) is 19.3 Å². The lowest BCUT2D eigenvalue weighted by molar-refractivity contribution is -0.125. The Hall–Kier alpha value is -1.32. The normalized spacial score (nSPS) is 20.9. The zero-order valence-electron chi connectivity index (χ0n) is 7.51. The Bertz CT molecular complexity index is 226. The molecule has 72 valence electrons. The minimum atomic E-state index is -0.322. The van der Waals surface area contributed by atoms with Gasteiger partial charge in [-0.25, -0.2) is 0 Å². The smallest absolute Gasteiger partial charge is 0.242 e. The van der Waals surface area contributed by atoms with E-state index in [-0.39, 0.29) is 17.9 Å². The average molecular weight is 182 g/mol. The van der Waals surface area contributed by atoms with Gasteiger partial charge < -0.3 is 10.6 Å². The van der Waals surface area contributed by atoms with Crippen LogP contribution in [-0.4, -0.2) is 24.4 Å². The number of rotatable bonds is 4. The molecule has 4 nitrogen and oxygen atoms in total. The Morgan fingerprint density at radius 1 is 1.77 bits per heavy atom. The van der Waals surface area contributed by atoms with Crippen LogP contribution in [0.2, 0.25) is 0 Å². The zero-order chi connectivity index (χ0) is 9.68.